The minimum atomic E-state index is 0.188. The van der Waals surface area contributed by atoms with Crippen LogP contribution < -0.4 is 16.4 Å². The third-order valence-corrected chi connectivity index (χ3v) is 3.02. The molecule has 0 radical (unpaired) electrons. The van der Waals surface area contributed by atoms with Crippen LogP contribution in [0, 0.1) is 5.92 Å². The van der Waals surface area contributed by atoms with Gasteiger partial charge in [0.25, 0.3) is 0 Å². The molecule has 5 heteroatoms. The predicted octanol–water partition coefficient (Wildman–Crippen LogP) is 0.992. The van der Waals surface area contributed by atoms with E-state index in [1.165, 1.54) is 6.42 Å². The van der Waals surface area contributed by atoms with E-state index in [1.807, 2.05) is 6.07 Å². The summed E-state index contributed by atoms with van der Waals surface area (Å²) in [5.41, 5.74) is 6.39. The molecule has 0 saturated heterocycles. The van der Waals surface area contributed by atoms with Crippen molar-refractivity contribution in [2.45, 2.75) is 19.3 Å². The van der Waals surface area contributed by atoms with Gasteiger partial charge in [0.15, 0.2) is 0 Å². The molecule has 1 aromatic heterocycles. The summed E-state index contributed by atoms with van der Waals surface area (Å²) in [6.07, 6.45) is 4.96. The number of carbonyl (C=O) groups excluding carboxylic acids is 1. The maximum atomic E-state index is 11.5. The predicted molar refractivity (Wildman–Crippen MR) is 67.5 cm³/mol. The number of nitrogens with one attached hydrogen (secondary N) is 2. The minimum Gasteiger partial charge on any atom is -0.384 e. The molecule has 1 aliphatic rings. The molecule has 1 saturated carbocycles. The van der Waals surface area contributed by atoms with Crippen LogP contribution in [0.3, 0.4) is 0 Å². The molecular formula is C12H18N4O. The Balaban J connectivity index is 1.62. The van der Waals surface area contributed by atoms with Gasteiger partial charge in [-0.1, -0.05) is 6.42 Å². The van der Waals surface area contributed by atoms with Crippen LogP contribution in [0.5, 0.6) is 0 Å². The Labute approximate surface area is 101 Å². The Kier molecular flexibility index (Phi) is 3.80. The quantitative estimate of drug-likeness (QED) is 0.664. The second-order valence-corrected chi connectivity index (χ2v) is 4.32. The Morgan fingerprint density at radius 1 is 1.41 bits per heavy atom. The van der Waals surface area contributed by atoms with Gasteiger partial charge in [0.1, 0.15) is 5.82 Å². The van der Waals surface area contributed by atoms with Crippen LogP contribution in [0.2, 0.25) is 0 Å². The number of aromatic nitrogens is 1. The van der Waals surface area contributed by atoms with Crippen LogP contribution >= 0.6 is 0 Å². The first-order valence-corrected chi connectivity index (χ1v) is 5.99. The van der Waals surface area contributed by atoms with E-state index in [1.54, 1.807) is 12.3 Å². The van der Waals surface area contributed by atoms with Crippen molar-refractivity contribution in [3.63, 3.8) is 0 Å². The minimum absolute atomic E-state index is 0.188. The Bertz CT molecular complexity index is 373. The van der Waals surface area contributed by atoms with E-state index in [0.717, 1.165) is 18.5 Å². The second-order valence-electron chi connectivity index (χ2n) is 4.32. The molecule has 17 heavy (non-hydrogen) atoms. The van der Waals surface area contributed by atoms with Crippen molar-refractivity contribution < 1.29 is 4.79 Å². The fraction of sp³-hybridized carbons (Fsp3) is 0.500. The molecule has 1 heterocycles. The van der Waals surface area contributed by atoms with E-state index < -0.39 is 0 Å². The van der Waals surface area contributed by atoms with Crippen LogP contribution in [0.4, 0.5) is 11.5 Å². The smallest absolute Gasteiger partial charge is 0.223 e. The molecule has 1 aromatic rings. The second kappa shape index (κ2) is 5.52. The lowest BCUT2D eigenvalue weighted by molar-refractivity contribution is -0.127. The molecule has 4 N–H and O–H groups in total. The van der Waals surface area contributed by atoms with Crippen LogP contribution in [-0.2, 0) is 4.79 Å². The van der Waals surface area contributed by atoms with Crippen molar-refractivity contribution in [2.75, 3.05) is 24.1 Å². The highest BCUT2D eigenvalue weighted by Gasteiger charge is 2.24. The summed E-state index contributed by atoms with van der Waals surface area (Å²) in [7, 11) is 0. The summed E-state index contributed by atoms with van der Waals surface area (Å²) in [6.45, 7) is 1.34. The van der Waals surface area contributed by atoms with E-state index in [-0.39, 0.29) is 11.8 Å². The largest absolute Gasteiger partial charge is 0.384 e. The summed E-state index contributed by atoms with van der Waals surface area (Å²) in [5, 5.41) is 6.09. The highest BCUT2D eigenvalue weighted by Crippen LogP contribution is 2.25. The molecule has 2 rings (SSSR count). The first kappa shape index (κ1) is 11.7. The van der Waals surface area contributed by atoms with Gasteiger partial charge in [0, 0.05) is 19.0 Å². The van der Waals surface area contributed by atoms with Gasteiger partial charge in [-0.3, -0.25) is 4.79 Å². The lowest BCUT2D eigenvalue weighted by Crippen LogP contribution is -2.36. The standard InChI is InChI=1S/C12H18N4O/c13-11-5-4-10(8-16-11)14-6-7-15-12(17)9-2-1-3-9/h4-5,8-9,14H,1-3,6-7H2,(H2,13,16)(H,15,17). The number of nitrogen functional groups attached to an aromatic ring is 1. The summed E-state index contributed by atoms with van der Waals surface area (Å²) < 4.78 is 0. The van der Waals surface area contributed by atoms with Gasteiger partial charge in [-0.2, -0.15) is 0 Å². The Morgan fingerprint density at radius 2 is 2.24 bits per heavy atom. The van der Waals surface area contributed by atoms with Crippen molar-refractivity contribution in [3.05, 3.63) is 18.3 Å². The zero-order valence-corrected chi connectivity index (χ0v) is 9.78. The molecule has 0 unspecified atom stereocenters. The van der Waals surface area contributed by atoms with Gasteiger partial charge in [0.05, 0.1) is 11.9 Å². The zero-order valence-electron chi connectivity index (χ0n) is 9.78. The average molecular weight is 234 g/mol. The number of amides is 1. The topological polar surface area (TPSA) is 80.0 Å². The first-order chi connectivity index (χ1) is 8.25. The molecule has 0 spiro atoms. The molecule has 0 bridgehead atoms. The van der Waals surface area contributed by atoms with E-state index in [4.69, 9.17) is 5.73 Å². The lowest BCUT2D eigenvalue weighted by atomic mass is 9.85. The molecule has 0 aliphatic heterocycles. The normalized spacial score (nSPS) is 15.1. The molecule has 92 valence electrons. The van der Waals surface area contributed by atoms with Crippen LogP contribution in [0.1, 0.15) is 19.3 Å². The van der Waals surface area contributed by atoms with Crippen molar-refractivity contribution >= 4 is 17.4 Å². The van der Waals surface area contributed by atoms with Crippen molar-refractivity contribution in [1.82, 2.24) is 10.3 Å². The fourth-order valence-corrected chi connectivity index (χ4v) is 1.72. The number of nitrogens with two attached hydrogens (primary N) is 1. The number of carbonyl (C=O) groups is 1. The lowest BCUT2D eigenvalue weighted by Gasteiger charge is -2.24. The summed E-state index contributed by atoms with van der Waals surface area (Å²) in [5.74, 6) is 0.954. The summed E-state index contributed by atoms with van der Waals surface area (Å²) >= 11 is 0. The number of pyridine rings is 1. The van der Waals surface area contributed by atoms with Gasteiger partial charge in [0.2, 0.25) is 5.91 Å². The van der Waals surface area contributed by atoms with Gasteiger partial charge in [-0.05, 0) is 25.0 Å². The zero-order chi connectivity index (χ0) is 12.1. The van der Waals surface area contributed by atoms with E-state index >= 15 is 0 Å². The number of hydrogen-bond donors (Lipinski definition) is 3. The SMILES string of the molecule is Nc1ccc(NCCNC(=O)C2CCC2)cn1. The molecular weight excluding hydrogens is 216 g/mol. The van der Waals surface area contributed by atoms with E-state index in [0.29, 0.717) is 18.9 Å². The van der Waals surface area contributed by atoms with Gasteiger partial charge >= 0.3 is 0 Å². The average Bonchev–Trinajstić information content (AvgIpc) is 2.24. The maximum absolute atomic E-state index is 11.5. The van der Waals surface area contributed by atoms with Gasteiger partial charge in [-0.25, -0.2) is 4.98 Å². The number of hydrogen-bond acceptors (Lipinski definition) is 4. The third kappa shape index (κ3) is 3.34. The monoisotopic (exact) mass is 234 g/mol. The van der Waals surface area contributed by atoms with Crippen molar-refractivity contribution in [2.24, 2.45) is 5.92 Å². The van der Waals surface area contributed by atoms with Crippen molar-refractivity contribution in [1.29, 1.82) is 0 Å². The highest BCUT2D eigenvalue weighted by molar-refractivity contribution is 5.79. The highest BCUT2D eigenvalue weighted by atomic mass is 16.1. The summed E-state index contributed by atoms with van der Waals surface area (Å²) in [6, 6.07) is 3.62. The summed E-state index contributed by atoms with van der Waals surface area (Å²) in [4.78, 5) is 15.5. The molecule has 1 amide bonds. The van der Waals surface area contributed by atoms with Gasteiger partial charge < -0.3 is 16.4 Å². The molecule has 0 aromatic carbocycles. The van der Waals surface area contributed by atoms with E-state index in [9.17, 15) is 4.79 Å². The third-order valence-electron chi connectivity index (χ3n) is 3.02. The Morgan fingerprint density at radius 3 is 2.82 bits per heavy atom. The fourth-order valence-electron chi connectivity index (χ4n) is 1.72. The number of anilines is 2. The van der Waals surface area contributed by atoms with Crippen LogP contribution in [0.25, 0.3) is 0 Å². The molecule has 5 nitrogen and oxygen atoms in total. The number of rotatable bonds is 5. The van der Waals surface area contributed by atoms with E-state index in [2.05, 4.69) is 15.6 Å². The molecule has 0 atom stereocenters. The maximum Gasteiger partial charge on any atom is 0.223 e. The molecule has 1 fully saturated rings. The van der Waals surface area contributed by atoms with Gasteiger partial charge in [-0.15, -0.1) is 0 Å². The van der Waals surface area contributed by atoms with Crippen molar-refractivity contribution in [3.8, 4) is 0 Å². The molecule has 1 aliphatic carbocycles. The van der Waals surface area contributed by atoms with Crippen LogP contribution in [0.15, 0.2) is 18.3 Å². The number of nitrogens with zero attached hydrogens (tertiary/aromatic N) is 1. The first-order valence-electron chi connectivity index (χ1n) is 5.99. The Hall–Kier alpha value is -1.78. The van der Waals surface area contributed by atoms with Crippen LogP contribution in [-0.4, -0.2) is 24.0 Å².